The highest BCUT2D eigenvalue weighted by Gasteiger charge is 2.50. The van der Waals surface area contributed by atoms with Crippen molar-refractivity contribution in [3.63, 3.8) is 0 Å². The van der Waals surface area contributed by atoms with Gasteiger partial charge in [-0.15, -0.1) is 104 Å². The number of hydrogen-bond acceptors (Lipinski definition) is 4. The molecule has 0 bridgehead atoms. The van der Waals surface area contributed by atoms with Crippen LogP contribution in [0.1, 0.15) is 38.5 Å². The summed E-state index contributed by atoms with van der Waals surface area (Å²) in [5.74, 6) is 0.905. The summed E-state index contributed by atoms with van der Waals surface area (Å²) in [6, 6.07) is 0. The fourth-order valence-corrected chi connectivity index (χ4v) is 8.46. The van der Waals surface area contributed by atoms with E-state index in [0.717, 1.165) is 0 Å². The van der Waals surface area contributed by atoms with E-state index in [-0.39, 0.29) is 91.4 Å². The van der Waals surface area contributed by atoms with Gasteiger partial charge in [0.1, 0.15) is 0 Å². The molecule has 0 saturated heterocycles. The SMILES string of the molecule is O=P(OC(CCl)(CCCl)CCCl)(OC(CCl)(CCCl)CCCl)OC(CCl)(CCCl)CCCl. The standard InChI is InChI=1S/C18H30Cl9O4P/c19-7-1-16(13-25,2-8-20)29-32(28,30-17(14-26,3-9-21)4-10-22)31-18(15-27,5-11-23)6-12-24/h1-15H2. The van der Waals surface area contributed by atoms with Crippen molar-refractivity contribution in [3.05, 3.63) is 0 Å². The van der Waals surface area contributed by atoms with E-state index in [1.54, 1.807) is 0 Å². The molecule has 0 aliphatic rings. The molecule has 0 atom stereocenters. The molecule has 32 heavy (non-hydrogen) atoms. The van der Waals surface area contributed by atoms with E-state index < -0.39 is 24.6 Å². The van der Waals surface area contributed by atoms with Crippen LogP contribution < -0.4 is 0 Å². The molecule has 0 radical (unpaired) electrons. The van der Waals surface area contributed by atoms with E-state index in [4.69, 9.17) is 118 Å². The predicted octanol–water partition coefficient (Wildman–Crippen LogP) is 8.85. The molecule has 0 aliphatic carbocycles. The van der Waals surface area contributed by atoms with Gasteiger partial charge in [0.25, 0.3) is 0 Å². The quantitative estimate of drug-likeness (QED) is 0.0912. The Morgan fingerprint density at radius 2 is 0.625 bits per heavy atom. The first kappa shape index (κ1) is 34.7. The number of phosphoric ester groups is 1. The molecule has 0 aliphatic heterocycles. The molecule has 0 aromatic rings. The number of alkyl halides is 9. The topological polar surface area (TPSA) is 44.8 Å². The van der Waals surface area contributed by atoms with Gasteiger partial charge in [0, 0.05) is 35.3 Å². The fourth-order valence-electron chi connectivity index (χ4n) is 2.92. The van der Waals surface area contributed by atoms with Gasteiger partial charge in [0.15, 0.2) is 0 Å². The maximum Gasteiger partial charge on any atom is 0.476 e. The summed E-state index contributed by atoms with van der Waals surface area (Å²) in [6.07, 6.45) is 1.50. The van der Waals surface area contributed by atoms with E-state index >= 15 is 0 Å². The Kier molecular flexibility index (Phi) is 19.6. The van der Waals surface area contributed by atoms with Gasteiger partial charge >= 0.3 is 7.82 Å². The smallest absolute Gasteiger partial charge is 0.279 e. The third kappa shape index (κ3) is 11.4. The molecule has 4 nitrogen and oxygen atoms in total. The second-order valence-electron chi connectivity index (χ2n) is 7.30. The molecule has 0 amide bonds. The highest BCUT2D eigenvalue weighted by molar-refractivity contribution is 7.48. The highest BCUT2D eigenvalue weighted by atomic mass is 35.5. The minimum Gasteiger partial charge on any atom is -0.279 e. The van der Waals surface area contributed by atoms with Crippen LogP contribution in [-0.2, 0) is 18.1 Å². The molecule has 14 heteroatoms. The van der Waals surface area contributed by atoms with Crippen molar-refractivity contribution < 1.29 is 18.1 Å². The zero-order valence-electron chi connectivity index (χ0n) is 17.6. The van der Waals surface area contributed by atoms with Crippen LogP contribution in [0.5, 0.6) is 0 Å². The number of phosphoric acid groups is 1. The lowest BCUT2D eigenvalue weighted by Gasteiger charge is -2.42. The molecule has 194 valence electrons. The lowest BCUT2D eigenvalue weighted by atomic mass is 10.0. The number of rotatable bonds is 21. The number of hydrogen-bond donors (Lipinski definition) is 0. The van der Waals surface area contributed by atoms with Crippen molar-refractivity contribution in [1.82, 2.24) is 0 Å². The molecule has 0 fully saturated rings. The van der Waals surface area contributed by atoms with E-state index in [1.165, 1.54) is 0 Å². The van der Waals surface area contributed by atoms with Crippen LogP contribution in [0, 0.1) is 0 Å². The second-order valence-corrected chi connectivity index (χ2v) is 11.8. The van der Waals surface area contributed by atoms with Crippen LogP contribution in [0.2, 0.25) is 0 Å². The average molecular weight is 660 g/mol. The lowest BCUT2D eigenvalue weighted by molar-refractivity contribution is -0.0566. The Morgan fingerprint density at radius 1 is 0.438 bits per heavy atom. The van der Waals surface area contributed by atoms with Crippen LogP contribution in [0.25, 0.3) is 0 Å². The Bertz CT molecular complexity index is 455. The normalized spacial score (nSPS) is 13.7. The van der Waals surface area contributed by atoms with Gasteiger partial charge < -0.3 is 0 Å². The van der Waals surface area contributed by atoms with Gasteiger partial charge in [0.2, 0.25) is 0 Å². The van der Waals surface area contributed by atoms with Gasteiger partial charge in [-0.25, -0.2) is 4.57 Å². The van der Waals surface area contributed by atoms with Crippen LogP contribution >= 0.6 is 112 Å². The van der Waals surface area contributed by atoms with Gasteiger partial charge in [-0.05, 0) is 38.5 Å². The lowest BCUT2D eigenvalue weighted by Crippen LogP contribution is -2.43. The van der Waals surface area contributed by atoms with Crippen molar-refractivity contribution in [2.24, 2.45) is 0 Å². The monoisotopic (exact) mass is 656 g/mol. The molecule has 0 saturated carbocycles. The molecule has 0 aromatic carbocycles. The minimum atomic E-state index is -4.42. The summed E-state index contributed by atoms with van der Waals surface area (Å²) < 4.78 is 32.5. The van der Waals surface area contributed by atoms with Crippen LogP contribution in [0.4, 0.5) is 0 Å². The Morgan fingerprint density at radius 3 is 0.750 bits per heavy atom. The van der Waals surface area contributed by atoms with E-state index in [9.17, 15) is 4.57 Å². The van der Waals surface area contributed by atoms with E-state index in [0.29, 0.717) is 0 Å². The summed E-state index contributed by atoms with van der Waals surface area (Å²) in [5, 5.41) is 0. The molecule has 0 spiro atoms. The van der Waals surface area contributed by atoms with Gasteiger partial charge in [-0.3, -0.25) is 13.6 Å². The summed E-state index contributed by atoms with van der Waals surface area (Å²) in [4.78, 5) is 0. The molecule has 0 aromatic heterocycles. The maximum atomic E-state index is 14.3. The first-order chi connectivity index (χ1) is 15.2. The van der Waals surface area contributed by atoms with Gasteiger partial charge in [-0.1, -0.05) is 0 Å². The molecule has 0 rings (SSSR count). The largest absolute Gasteiger partial charge is 0.476 e. The third-order valence-electron chi connectivity index (χ3n) is 4.95. The van der Waals surface area contributed by atoms with Crippen molar-refractivity contribution in [3.8, 4) is 0 Å². The average Bonchev–Trinajstić information content (AvgIpc) is 2.74. The van der Waals surface area contributed by atoms with E-state index in [2.05, 4.69) is 0 Å². The first-order valence-corrected chi connectivity index (χ1v) is 16.2. The Hall–Kier alpha value is 2.72. The van der Waals surface area contributed by atoms with E-state index in [1.807, 2.05) is 0 Å². The van der Waals surface area contributed by atoms with Crippen LogP contribution in [0.15, 0.2) is 0 Å². The van der Waals surface area contributed by atoms with Crippen molar-refractivity contribution in [2.75, 3.05) is 52.9 Å². The summed E-state index contributed by atoms with van der Waals surface area (Å²) in [7, 11) is -4.42. The third-order valence-corrected chi connectivity index (χ3v) is 9.38. The van der Waals surface area contributed by atoms with Crippen molar-refractivity contribution >= 4 is 112 Å². The van der Waals surface area contributed by atoms with Gasteiger partial charge in [-0.2, -0.15) is 0 Å². The highest BCUT2D eigenvalue weighted by Crippen LogP contribution is 2.61. The van der Waals surface area contributed by atoms with Crippen molar-refractivity contribution in [2.45, 2.75) is 55.3 Å². The second kappa shape index (κ2) is 18.1. The van der Waals surface area contributed by atoms with Crippen LogP contribution in [-0.4, -0.2) is 69.7 Å². The molecular weight excluding hydrogens is 630 g/mol. The predicted molar refractivity (Wildman–Crippen MR) is 143 cm³/mol. The fraction of sp³-hybridized carbons (Fsp3) is 1.00. The first-order valence-electron chi connectivity index (χ1n) is 9.93. The zero-order valence-corrected chi connectivity index (χ0v) is 25.3. The molecule has 0 unspecified atom stereocenters. The minimum absolute atomic E-state index is 0.0546. The van der Waals surface area contributed by atoms with Gasteiger partial charge in [0.05, 0.1) is 34.4 Å². The zero-order chi connectivity index (χ0) is 24.7. The molecular formula is C18H30Cl9O4P. The van der Waals surface area contributed by atoms with Crippen molar-refractivity contribution in [1.29, 1.82) is 0 Å². The summed E-state index contributed by atoms with van der Waals surface area (Å²) >= 11 is 54.6. The summed E-state index contributed by atoms with van der Waals surface area (Å²) in [6.45, 7) is 0. The Balaban J connectivity index is 6.48. The molecule has 0 N–H and O–H groups in total. The maximum absolute atomic E-state index is 14.3. The Labute approximate surface area is 237 Å². The molecule has 0 heterocycles. The number of halogens is 9. The van der Waals surface area contributed by atoms with Crippen LogP contribution in [0.3, 0.4) is 0 Å². The summed E-state index contributed by atoms with van der Waals surface area (Å²) in [5.41, 5.74) is -3.54.